The number of pyridine rings is 1. The summed E-state index contributed by atoms with van der Waals surface area (Å²) in [7, 11) is 1.71. The summed E-state index contributed by atoms with van der Waals surface area (Å²) in [5, 5.41) is 1.75. The number of amides is 1. The molecule has 0 bridgehead atoms. The Morgan fingerprint density at radius 3 is 2.41 bits per heavy atom. The number of methoxy groups -OCH3 is 1. The van der Waals surface area contributed by atoms with Crippen LogP contribution in [-0.2, 0) is 9.53 Å². The van der Waals surface area contributed by atoms with E-state index in [1.54, 1.807) is 19.4 Å². The molecule has 0 N–H and O–H groups in total. The van der Waals surface area contributed by atoms with Gasteiger partial charge in [-0.1, -0.05) is 39.3 Å². The van der Waals surface area contributed by atoms with Crippen molar-refractivity contribution in [2.24, 2.45) is 11.3 Å². The number of ether oxygens (including phenoxy) is 2. The summed E-state index contributed by atoms with van der Waals surface area (Å²) in [4.78, 5) is 33.1. The van der Waals surface area contributed by atoms with Crippen molar-refractivity contribution in [3.05, 3.63) is 65.4 Å². The first-order valence-electron chi connectivity index (χ1n) is 15.1. The van der Waals surface area contributed by atoms with Crippen LogP contribution in [0.4, 0.5) is 5.82 Å². The van der Waals surface area contributed by atoms with Crippen LogP contribution in [0.2, 0.25) is 0 Å². The minimum absolute atomic E-state index is 0.0996. The van der Waals surface area contributed by atoms with Gasteiger partial charge in [0.15, 0.2) is 0 Å². The number of fused-ring (bicyclic) bond motifs is 1. The topological polar surface area (TPSA) is 68.7 Å². The molecule has 1 saturated carbocycles. The number of benzene rings is 2. The Kier molecular flexibility index (Phi) is 9.72. The van der Waals surface area contributed by atoms with Crippen LogP contribution in [0.25, 0.3) is 10.8 Å². The fourth-order valence-electron chi connectivity index (χ4n) is 5.81. The molecule has 1 aliphatic carbocycles. The molecule has 0 unspecified atom stereocenters. The van der Waals surface area contributed by atoms with Crippen molar-refractivity contribution in [1.29, 1.82) is 0 Å². The van der Waals surface area contributed by atoms with Crippen molar-refractivity contribution >= 4 is 28.5 Å². The first kappa shape index (κ1) is 30.5. The molecule has 6 heteroatoms. The summed E-state index contributed by atoms with van der Waals surface area (Å²) in [6, 6.07) is 14.0. The number of carbonyl (C=O) groups is 2. The second-order valence-corrected chi connectivity index (χ2v) is 12.7. The Hall–Kier alpha value is -3.41. The van der Waals surface area contributed by atoms with Crippen molar-refractivity contribution in [1.82, 2.24) is 4.98 Å². The highest BCUT2D eigenvalue weighted by molar-refractivity contribution is 6.04. The van der Waals surface area contributed by atoms with E-state index in [4.69, 9.17) is 14.5 Å². The number of anilines is 1. The van der Waals surface area contributed by atoms with Gasteiger partial charge in [-0.15, -0.1) is 0 Å². The summed E-state index contributed by atoms with van der Waals surface area (Å²) < 4.78 is 10.9. The molecule has 2 aromatic carbocycles. The lowest BCUT2D eigenvalue weighted by atomic mass is 9.78. The second kappa shape index (κ2) is 13.1. The summed E-state index contributed by atoms with van der Waals surface area (Å²) >= 11 is 0. The van der Waals surface area contributed by atoms with Crippen molar-refractivity contribution in [2.45, 2.75) is 92.1 Å². The van der Waals surface area contributed by atoms with Crippen molar-refractivity contribution < 1.29 is 19.1 Å². The third-order valence-corrected chi connectivity index (χ3v) is 8.64. The van der Waals surface area contributed by atoms with Crippen LogP contribution in [0.5, 0.6) is 5.75 Å². The zero-order valence-corrected chi connectivity index (χ0v) is 25.8. The number of carbonyl (C=O) groups excluding carboxylic acids is 2. The van der Waals surface area contributed by atoms with E-state index in [0.29, 0.717) is 36.2 Å². The average molecular weight is 559 g/mol. The van der Waals surface area contributed by atoms with Gasteiger partial charge in [0.25, 0.3) is 0 Å². The van der Waals surface area contributed by atoms with Gasteiger partial charge in [0, 0.05) is 24.5 Å². The minimum Gasteiger partial charge on any atom is -0.496 e. The maximum absolute atomic E-state index is 13.9. The molecular weight excluding hydrogens is 512 g/mol. The van der Waals surface area contributed by atoms with Crippen LogP contribution in [-0.4, -0.2) is 36.6 Å². The minimum atomic E-state index is -0.346. The van der Waals surface area contributed by atoms with Crippen LogP contribution in [0.3, 0.4) is 0 Å². The number of aromatic nitrogens is 1. The lowest BCUT2D eigenvalue weighted by molar-refractivity contribution is -0.120. The van der Waals surface area contributed by atoms with Gasteiger partial charge in [-0.2, -0.15) is 0 Å². The van der Waals surface area contributed by atoms with Gasteiger partial charge in [-0.05, 0) is 111 Å². The lowest BCUT2D eigenvalue weighted by Crippen LogP contribution is -2.39. The Balaban J connectivity index is 1.58. The number of hydrogen-bond acceptors (Lipinski definition) is 5. The molecule has 1 aromatic heterocycles. The van der Waals surface area contributed by atoms with Crippen molar-refractivity contribution in [3.8, 4) is 5.75 Å². The van der Waals surface area contributed by atoms with Crippen molar-refractivity contribution in [2.75, 3.05) is 18.6 Å². The fourth-order valence-corrected chi connectivity index (χ4v) is 5.81. The molecule has 3 aromatic rings. The van der Waals surface area contributed by atoms with E-state index >= 15 is 0 Å². The zero-order chi connectivity index (χ0) is 29.7. The van der Waals surface area contributed by atoms with E-state index in [1.165, 1.54) is 11.1 Å². The third-order valence-electron chi connectivity index (χ3n) is 8.64. The molecule has 41 heavy (non-hydrogen) atoms. The smallest absolute Gasteiger partial charge is 0.338 e. The summed E-state index contributed by atoms with van der Waals surface area (Å²) in [6.45, 7) is 12.9. The van der Waals surface area contributed by atoms with E-state index in [0.717, 1.165) is 48.6 Å². The van der Waals surface area contributed by atoms with Crippen molar-refractivity contribution in [3.63, 3.8) is 0 Å². The maximum atomic E-state index is 13.9. The van der Waals surface area contributed by atoms with Crippen LogP contribution in [0.15, 0.2) is 48.7 Å². The molecule has 1 fully saturated rings. The standard InChI is InChI=1S/C35H46N2O4/c1-8-35(5,6)21-32(38)37(22-25-9-11-26(12-10-25)27-14-16-31(40-7)24(4)19-27)33-30-15-13-29(34(39)41-23(2)3)20-28(30)17-18-36-33/h13-20,23,25-26H,8-12,21-22H2,1-7H3. The Morgan fingerprint density at radius 1 is 1.05 bits per heavy atom. The van der Waals surface area contributed by atoms with Crippen LogP contribution in [0, 0.1) is 18.3 Å². The summed E-state index contributed by atoms with van der Waals surface area (Å²) in [5.41, 5.74) is 2.95. The molecular formula is C35H46N2O4. The van der Waals surface area contributed by atoms with Gasteiger partial charge in [-0.25, -0.2) is 9.78 Å². The molecule has 4 rings (SSSR count). The first-order valence-corrected chi connectivity index (χ1v) is 15.1. The average Bonchev–Trinajstić information content (AvgIpc) is 2.95. The van der Waals surface area contributed by atoms with Crippen LogP contribution in [0.1, 0.15) is 101 Å². The predicted octanol–water partition coefficient (Wildman–Crippen LogP) is 8.25. The predicted molar refractivity (Wildman–Crippen MR) is 166 cm³/mol. The molecule has 0 saturated heterocycles. The number of rotatable bonds is 10. The maximum Gasteiger partial charge on any atom is 0.338 e. The molecule has 0 spiro atoms. The molecule has 6 nitrogen and oxygen atoms in total. The molecule has 1 amide bonds. The number of nitrogens with zero attached hydrogens (tertiary/aromatic N) is 2. The van der Waals surface area contributed by atoms with Gasteiger partial charge in [0.05, 0.1) is 18.8 Å². The molecule has 220 valence electrons. The van der Waals surface area contributed by atoms with Gasteiger partial charge in [0.1, 0.15) is 11.6 Å². The van der Waals surface area contributed by atoms with E-state index in [1.807, 2.05) is 36.9 Å². The molecule has 0 radical (unpaired) electrons. The van der Waals surface area contributed by atoms with E-state index in [9.17, 15) is 9.59 Å². The quantitative estimate of drug-likeness (QED) is 0.234. The molecule has 1 aliphatic rings. The SMILES string of the molecule is CCC(C)(C)CC(=O)N(CC1CCC(c2ccc(OC)c(C)c2)CC1)c1nccc2cc(C(=O)OC(C)C)ccc12. The van der Waals surface area contributed by atoms with Gasteiger partial charge in [0.2, 0.25) is 5.91 Å². The van der Waals surface area contributed by atoms with Crippen LogP contribution < -0.4 is 9.64 Å². The molecule has 0 atom stereocenters. The van der Waals surface area contributed by atoms with Gasteiger partial charge >= 0.3 is 5.97 Å². The zero-order valence-electron chi connectivity index (χ0n) is 25.8. The van der Waals surface area contributed by atoms with E-state index in [-0.39, 0.29) is 23.4 Å². The summed E-state index contributed by atoms with van der Waals surface area (Å²) in [6.07, 6.45) is 7.25. The van der Waals surface area contributed by atoms with Gasteiger partial charge < -0.3 is 9.47 Å². The lowest BCUT2D eigenvalue weighted by Gasteiger charge is -2.34. The normalized spacial score (nSPS) is 17.5. The Labute approximate surface area is 245 Å². The largest absolute Gasteiger partial charge is 0.496 e. The highest BCUT2D eigenvalue weighted by Crippen LogP contribution is 2.39. The fraction of sp³-hybridized carbons (Fsp3) is 0.514. The number of esters is 1. The Bertz CT molecular complexity index is 1370. The van der Waals surface area contributed by atoms with E-state index in [2.05, 4.69) is 45.9 Å². The monoisotopic (exact) mass is 558 g/mol. The molecule has 1 heterocycles. The second-order valence-electron chi connectivity index (χ2n) is 12.7. The third kappa shape index (κ3) is 7.46. The van der Waals surface area contributed by atoms with Gasteiger partial charge in [-0.3, -0.25) is 9.69 Å². The van der Waals surface area contributed by atoms with Crippen LogP contribution >= 0.6 is 0 Å². The highest BCUT2D eigenvalue weighted by atomic mass is 16.5. The number of aryl methyl sites for hydroxylation is 1. The van der Waals surface area contributed by atoms with E-state index < -0.39 is 0 Å². The Morgan fingerprint density at radius 2 is 1.78 bits per heavy atom. The first-order chi connectivity index (χ1) is 19.5. The molecule has 0 aliphatic heterocycles. The number of hydrogen-bond donors (Lipinski definition) is 0. The summed E-state index contributed by atoms with van der Waals surface area (Å²) in [5.74, 6) is 2.29. The highest BCUT2D eigenvalue weighted by Gasteiger charge is 2.31.